The third kappa shape index (κ3) is 4.33. The number of methoxy groups -OCH3 is 1. The minimum absolute atomic E-state index is 0.409. The molecule has 2 aromatic rings. The van der Waals surface area contributed by atoms with Crippen molar-refractivity contribution in [1.82, 2.24) is 0 Å². The Bertz CT molecular complexity index is 842. The van der Waals surface area contributed by atoms with Gasteiger partial charge >= 0.3 is 0 Å². The standard InChI is InChI=1S/C22H27ClO7/c1-3-29-16-7-4-13(5-8-16)10-14-11-15(6-9-17(14)23)22(28-2)21(27)20(26)19(25)18(12-24)30-22/h4-9,11,18-21,24-27H,3,10,12H2,1-2H3. The van der Waals surface area contributed by atoms with E-state index in [0.29, 0.717) is 23.6 Å². The first-order chi connectivity index (χ1) is 14.4. The Morgan fingerprint density at radius 2 is 1.77 bits per heavy atom. The van der Waals surface area contributed by atoms with Crippen LogP contribution in [0.15, 0.2) is 42.5 Å². The van der Waals surface area contributed by atoms with Gasteiger partial charge in [0, 0.05) is 17.7 Å². The summed E-state index contributed by atoms with van der Waals surface area (Å²) in [5, 5.41) is 41.1. The largest absolute Gasteiger partial charge is 0.494 e. The number of aliphatic hydroxyl groups is 4. The van der Waals surface area contributed by atoms with Crippen molar-refractivity contribution in [2.24, 2.45) is 0 Å². The highest BCUT2D eigenvalue weighted by Crippen LogP contribution is 2.40. The summed E-state index contributed by atoms with van der Waals surface area (Å²) in [5.74, 6) is -0.995. The molecule has 1 aliphatic heterocycles. The Morgan fingerprint density at radius 1 is 1.07 bits per heavy atom. The van der Waals surface area contributed by atoms with E-state index in [1.165, 1.54) is 7.11 Å². The van der Waals surface area contributed by atoms with Crippen LogP contribution in [0.25, 0.3) is 0 Å². The lowest BCUT2D eigenvalue weighted by Gasteiger charge is -2.47. The molecule has 1 aliphatic rings. The second-order valence-corrected chi connectivity index (χ2v) is 7.60. The molecule has 1 heterocycles. The van der Waals surface area contributed by atoms with Gasteiger partial charge in [0.05, 0.1) is 13.2 Å². The minimum Gasteiger partial charge on any atom is -0.494 e. The highest BCUT2D eigenvalue weighted by Gasteiger charge is 2.55. The average Bonchev–Trinajstić information content (AvgIpc) is 2.76. The number of hydrogen-bond donors (Lipinski definition) is 4. The second-order valence-electron chi connectivity index (χ2n) is 7.20. The van der Waals surface area contributed by atoms with Gasteiger partial charge in [-0.15, -0.1) is 0 Å². The van der Waals surface area contributed by atoms with Crippen LogP contribution in [0.3, 0.4) is 0 Å². The predicted molar refractivity (Wildman–Crippen MR) is 111 cm³/mol. The van der Waals surface area contributed by atoms with Crippen molar-refractivity contribution in [3.05, 3.63) is 64.2 Å². The molecular formula is C22H27ClO7. The maximum atomic E-state index is 10.7. The van der Waals surface area contributed by atoms with Gasteiger partial charge in [0.1, 0.15) is 30.2 Å². The van der Waals surface area contributed by atoms with Gasteiger partial charge in [-0.2, -0.15) is 0 Å². The maximum Gasteiger partial charge on any atom is 0.224 e. The molecule has 2 aromatic carbocycles. The zero-order valence-corrected chi connectivity index (χ0v) is 17.6. The van der Waals surface area contributed by atoms with Gasteiger partial charge in [0.15, 0.2) is 0 Å². The molecule has 0 aliphatic carbocycles. The SMILES string of the molecule is CCOc1ccc(Cc2cc(C3(OC)OC(CO)C(O)C(O)C3O)ccc2Cl)cc1. The van der Waals surface area contributed by atoms with Crippen LogP contribution in [0, 0.1) is 0 Å². The summed E-state index contributed by atoms with van der Waals surface area (Å²) >= 11 is 6.40. The van der Waals surface area contributed by atoms with Crippen LogP contribution in [0.2, 0.25) is 5.02 Å². The lowest BCUT2D eigenvalue weighted by molar-refractivity contribution is -0.366. The van der Waals surface area contributed by atoms with Gasteiger partial charge in [0.25, 0.3) is 0 Å². The molecule has 8 heteroatoms. The van der Waals surface area contributed by atoms with Gasteiger partial charge < -0.3 is 34.6 Å². The molecule has 164 valence electrons. The van der Waals surface area contributed by atoms with E-state index in [-0.39, 0.29) is 0 Å². The van der Waals surface area contributed by atoms with E-state index in [9.17, 15) is 20.4 Å². The fourth-order valence-corrected chi connectivity index (χ4v) is 3.87. The summed E-state index contributed by atoms with van der Waals surface area (Å²) in [6.45, 7) is 1.95. The van der Waals surface area contributed by atoms with E-state index in [1.807, 2.05) is 31.2 Å². The molecule has 1 fully saturated rings. The van der Waals surface area contributed by atoms with E-state index in [4.69, 9.17) is 25.8 Å². The first-order valence-corrected chi connectivity index (χ1v) is 10.1. The van der Waals surface area contributed by atoms with Crippen molar-refractivity contribution >= 4 is 11.6 Å². The van der Waals surface area contributed by atoms with Gasteiger partial charge in [-0.3, -0.25) is 0 Å². The smallest absolute Gasteiger partial charge is 0.224 e. The van der Waals surface area contributed by atoms with Crippen LogP contribution >= 0.6 is 11.6 Å². The molecule has 30 heavy (non-hydrogen) atoms. The van der Waals surface area contributed by atoms with E-state index >= 15 is 0 Å². The highest BCUT2D eigenvalue weighted by molar-refractivity contribution is 6.31. The molecule has 5 atom stereocenters. The van der Waals surface area contributed by atoms with Crippen LogP contribution < -0.4 is 4.74 Å². The Morgan fingerprint density at radius 3 is 2.37 bits per heavy atom. The normalized spacial score (nSPS) is 29.0. The summed E-state index contributed by atoms with van der Waals surface area (Å²) in [7, 11) is 1.32. The van der Waals surface area contributed by atoms with Gasteiger partial charge in [-0.1, -0.05) is 29.8 Å². The first-order valence-electron chi connectivity index (χ1n) is 9.75. The van der Waals surface area contributed by atoms with Crippen molar-refractivity contribution in [3.8, 4) is 5.75 Å². The van der Waals surface area contributed by atoms with E-state index in [2.05, 4.69) is 0 Å². The van der Waals surface area contributed by atoms with Crippen LogP contribution in [0.1, 0.15) is 23.6 Å². The number of benzene rings is 2. The molecule has 0 amide bonds. The number of hydrogen-bond acceptors (Lipinski definition) is 7. The lowest BCUT2D eigenvalue weighted by Crippen LogP contribution is -2.64. The van der Waals surface area contributed by atoms with Crippen molar-refractivity contribution < 1.29 is 34.6 Å². The van der Waals surface area contributed by atoms with Crippen LogP contribution in [0.4, 0.5) is 0 Å². The summed E-state index contributed by atoms with van der Waals surface area (Å²) in [6.07, 6.45) is -5.23. The Hall–Kier alpha value is -1.71. The van der Waals surface area contributed by atoms with Crippen molar-refractivity contribution in [1.29, 1.82) is 0 Å². The molecule has 0 bridgehead atoms. The van der Waals surface area contributed by atoms with E-state index < -0.39 is 36.8 Å². The van der Waals surface area contributed by atoms with Gasteiger partial charge in [-0.05, 0) is 48.7 Å². The molecule has 3 rings (SSSR count). The Balaban J connectivity index is 1.94. The van der Waals surface area contributed by atoms with Crippen molar-refractivity contribution in [2.75, 3.05) is 20.3 Å². The average molecular weight is 439 g/mol. The summed E-state index contributed by atoms with van der Waals surface area (Å²) in [5.41, 5.74) is 2.16. The summed E-state index contributed by atoms with van der Waals surface area (Å²) in [6, 6.07) is 12.6. The molecule has 5 unspecified atom stereocenters. The monoisotopic (exact) mass is 438 g/mol. The Kier molecular flexibility index (Phi) is 7.36. The molecule has 4 N–H and O–H groups in total. The zero-order valence-electron chi connectivity index (χ0n) is 16.9. The maximum absolute atomic E-state index is 10.7. The fourth-order valence-electron chi connectivity index (χ4n) is 3.68. The molecule has 0 aromatic heterocycles. The molecular weight excluding hydrogens is 412 g/mol. The molecule has 0 radical (unpaired) electrons. The Labute approximate surface area is 180 Å². The topological polar surface area (TPSA) is 109 Å². The number of aliphatic hydroxyl groups excluding tert-OH is 4. The number of ether oxygens (including phenoxy) is 3. The molecule has 0 spiro atoms. The van der Waals surface area contributed by atoms with Gasteiger partial charge in [-0.25, -0.2) is 0 Å². The van der Waals surface area contributed by atoms with Crippen LogP contribution in [0.5, 0.6) is 5.75 Å². The van der Waals surface area contributed by atoms with E-state index in [1.54, 1.807) is 18.2 Å². The van der Waals surface area contributed by atoms with Crippen LogP contribution in [-0.4, -0.2) is 65.2 Å². The highest BCUT2D eigenvalue weighted by atomic mass is 35.5. The molecule has 1 saturated heterocycles. The van der Waals surface area contributed by atoms with Crippen molar-refractivity contribution in [2.45, 2.75) is 43.5 Å². The van der Waals surface area contributed by atoms with Crippen LogP contribution in [-0.2, 0) is 21.7 Å². The summed E-state index contributed by atoms with van der Waals surface area (Å²) < 4.78 is 16.7. The zero-order chi connectivity index (χ0) is 21.9. The quantitative estimate of drug-likeness (QED) is 0.520. The van der Waals surface area contributed by atoms with Gasteiger partial charge in [0.2, 0.25) is 5.79 Å². The van der Waals surface area contributed by atoms with Crippen molar-refractivity contribution in [3.63, 3.8) is 0 Å². The second kappa shape index (κ2) is 9.62. The number of rotatable bonds is 7. The predicted octanol–water partition coefficient (Wildman–Crippen LogP) is 1.60. The molecule has 7 nitrogen and oxygen atoms in total. The summed E-state index contributed by atoms with van der Waals surface area (Å²) in [4.78, 5) is 0. The third-order valence-electron chi connectivity index (χ3n) is 5.33. The lowest BCUT2D eigenvalue weighted by atomic mass is 9.87. The minimum atomic E-state index is -1.77. The fraction of sp³-hybridized carbons (Fsp3) is 0.455. The first kappa shape index (κ1) is 23.0. The molecule has 0 saturated carbocycles. The third-order valence-corrected chi connectivity index (χ3v) is 5.70. The number of halogens is 1. The van der Waals surface area contributed by atoms with E-state index in [0.717, 1.165) is 16.9 Å².